The van der Waals surface area contributed by atoms with Crippen LogP contribution in [0.2, 0.25) is 0 Å². The number of benzene rings is 8. The molecule has 0 atom stereocenters. The molecule has 0 saturated heterocycles. The fraction of sp³-hybridized carbons (Fsp3) is 0.239. The lowest BCUT2D eigenvalue weighted by Crippen LogP contribution is -2.13. The number of halogens is 2. The van der Waals surface area contributed by atoms with Crippen LogP contribution in [0.15, 0.2) is 176 Å². The number of aromatic nitrogens is 2. The summed E-state index contributed by atoms with van der Waals surface area (Å²) in [5.74, 6) is 0.292. The van der Waals surface area contributed by atoms with E-state index in [0.29, 0.717) is 22.6 Å². The predicted molar refractivity (Wildman–Crippen MR) is 322 cm³/mol. The SMILES string of the molecule is [2H]C(C)(C)c1ccccc1-c1cc(Oc2ccc3c4ccccc4n(-c4cc(C(C)(C)C)ccn4)c3c2)cc([N+]2=C=[N+](c3c(-c4cc(F)cc(F)c4)cc(C(C)(C)C)cc3-c3cc(C(C)C)cc(C(C)C)c3)c3ccccc32)c1. The highest BCUT2D eigenvalue weighted by atomic mass is 19.1. The van der Waals surface area contributed by atoms with Gasteiger partial charge in [0.1, 0.15) is 29.0 Å². The molecule has 2 aromatic heterocycles. The summed E-state index contributed by atoms with van der Waals surface area (Å²) in [7, 11) is 0. The maximum atomic E-state index is 15.6. The van der Waals surface area contributed by atoms with Crippen molar-refractivity contribution in [2.45, 2.75) is 112 Å². The number of nitrogens with zero attached hydrogens (tertiary/aromatic N) is 4. The maximum Gasteiger partial charge on any atom is 0.503 e. The molecule has 3 heterocycles. The summed E-state index contributed by atoms with van der Waals surface area (Å²) >= 11 is 0. The van der Waals surface area contributed by atoms with Crippen molar-refractivity contribution in [1.29, 1.82) is 0 Å². The van der Waals surface area contributed by atoms with Gasteiger partial charge in [0.05, 0.1) is 28.2 Å². The monoisotopic (exact) mass is 1030 g/mol. The molecule has 0 fully saturated rings. The van der Waals surface area contributed by atoms with Crippen molar-refractivity contribution in [2.75, 3.05) is 0 Å². The molecule has 0 saturated carbocycles. The Labute approximate surface area is 459 Å². The van der Waals surface area contributed by atoms with Crippen LogP contribution in [0.5, 0.6) is 11.5 Å². The summed E-state index contributed by atoms with van der Waals surface area (Å²) in [6.45, 7) is 25.8. The third-order valence-electron chi connectivity index (χ3n) is 15.2. The average molecular weight is 1030 g/mol. The predicted octanol–water partition coefficient (Wildman–Crippen LogP) is 20.1. The number of hydrogen-bond donors (Lipinski definition) is 0. The van der Waals surface area contributed by atoms with Gasteiger partial charge in [-0.3, -0.25) is 4.57 Å². The van der Waals surface area contributed by atoms with Crippen LogP contribution >= 0.6 is 0 Å². The molecule has 0 bridgehead atoms. The van der Waals surface area contributed by atoms with E-state index in [2.05, 4.69) is 198 Å². The summed E-state index contributed by atoms with van der Waals surface area (Å²) in [4.78, 5) is 4.93. The Balaban J connectivity index is 1.18. The van der Waals surface area contributed by atoms with E-state index in [-0.39, 0.29) is 22.7 Å². The number of pyridine rings is 1. The molecule has 390 valence electrons. The van der Waals surface area contributed by atoms with Gasteiger partial charge in [-0.15, -0.1) is 0 Å². The Kier molecular flexibility index (Phi) is 12.9. The summed E-state index contributed by atoms with van der Waals surface area (Å²) in [5, 5.41) is 2.20. The number of hydrogen-bond acceptors (Lipinski definition) is 2. The molecule has 10 aromatic rings. The second kappa shape index (κ2) is 20.0. The summed E-state index contributed by atoms with van der Waals surface area (Å²) < 4.78 is 54.0. The molecule has 11 rings (SSSR count). The fourth-order valence-corrected chi connectivity index (χ4v) is 10.9. The van der Waals surface area contributed by atoms with Crippen molar-refractivity contribution in [3.8, 4) is 50.7 Å². The second-order valence-electron chi connectivity index (χ2n) is 23.8. The van der Waals surface area contributed by atoms with Gasteiger partial charge in [-0.2, -0.15) is 0 Å². The van der Waals surface area contributed by atoms with Gasteiger partial charge in [-0.05, 0) is 148 Å². The van der Waals surface area contributed by atoms with Crippen LogP contribution < -0.4 is 13.9 Å². The summed E-state index contributed by atoms with van der Waals surface area (Å²) in [6, 6.07) is 60.2. The third-order valence-corrected chi connectivity index (χ3v) is 15.2. The summed E-state index contributed by atoms with van der Waals surface area (Å²) in [6.07, 6.45) is 1.89. The van der Waals surface area contributed by atoms with Crippen LogP contribution in [-0.4, -0.2) is 15.6 Å². The molecule has 1 aliphatic rings. The van der Waals surface area contributed by atoms with Crippen molar-refractivity contribution in [1.82, 2.24) is 18.7 Å². The van der Waals surface area contributed by atoms with Crippen LogP contribution in [0.1, 0.15) is 130 Å². The highest BCUT2D eigenvalue weighted by molar-refractivity contribution is 6.09. The van der Waals surface area contributed by atoms with Crippen molar-refractivity contribution < 1.29 is 14.9 Å². The van der Waals surface area contributed by atoms with Gasteiger partial charge in [0, 0.05) is 48.7 Å². The van der Waals surface area contributed by atoms with Crippen molar-refractivity contribution in [2.24, 2.45) is 0 Å². The second-order valence-corrected chi connectivity index (χ2v) is 23.8. The largest absolute Gasteiger partial charge is 0.503 e. The minimum atomic E-state index is -0.926. The highest BCUT2D eigenvalue weighted by Crippen LogP contribution is 2.49. The van der Waals surface area contributed by atoms with Gasteiger partial charge in [-0.25, -0.2) is 13.8 Å². The van der Waals surface area contributed by atoms with E-state index in [1.807, 2.05) is 62.5 Å². The first-order chi connectivity index (χ1) is 37.5. The van der Waals surface area contributed by atoms with Gasteiger partial charge < -0.3 is 4.74 Å². The standard InChI is InChI=1S/C71H68F2N4O/c1-43(2)46-29-47(44(3)4)31-48(30-46)62-36-52(71(10,11)12)37-63(49-32-53(72)39-54(73)33-49)69(62)76-42-75(65-23-17-18-24-66(65)76)55-34-50(59-20-14-13-19-58(59)45(5)6)35-57(40-55)78-56-25-26-61-60-21-15-16-22-64(60)77(67(61)41-56)68-38-51(27-28-74-68)70(7,8)9/h13-41,43-45H,1-12H3/q+2/i45D. The topological polar surface area (TPSA) is 33.1 Å². The molecule has 0 radical (unpaired) electrons. The molecular formula is C71H68F2N4O+2. The number of fused-ring (bicyclic) bond motifs is 4. The zero-order valence-corrected chi connectivity index (χ0v) is 46.9. The van der Waals surface area contributed by atoms with Crippen LogP contribution in [0.25, 0.3) is 61.0 Å². The van der Waals surface area contributed by atoms with Gasteiger partial charge in [0.25, 0.3) is 11.4 Å². The minimum absolute atomic E-state index is 0.0812. The van der Waals surface area contributed by atoms with Crippen LogP contribution in [0, 0.1) is 11.6 Å². The molecule has 7 heteroatoms. The smallest absolute Gasteiger partial charge is 0.457 e. The van der Waals surface area contributed by atoms with E-state index < -0.39 is 17.5 Å². The van der Waals surface area contributed by atoms with E-state index in [9.17, 15) is 1.37 Å². The fourth-order valence-electron chi connectivity index (χ4n) is 10.9. The molecule has 0 spiro atoms. The lowest BCUT2D eigenvalue weighted by Gasteiger charge is -2.23. The van der Waals surface area contributed by atoms with Gasteiger partial charge in [0.2, 0.25) is 11.4 Å². The molecule has 1 aliphatic heterocycles. The van der Waals surface area contributed by atoms with Crippen molar-refractivity contribution in [3.63, 3.8) is 0 Å². The van der Waals surface area contributed by atoms with Crippen molar-refractivity contribution >= 4 is 50.6 Å². The zero-order chi connectivity index (χ0) is 55.9. The van der Waals surface area contributed by atoms with Crippen LogP contribution in [0.4, 0.5) is 31.5 Å². The highest BCUT2D eigenvalue weighted by Gasteiger charge is 2.41. The maximum absolute atomic E-state index is 15.6. The van der Waals surface area contributed by atoms with Gasteiger partial charge in [0.15, 0.2) is 0 Å². The molecule has 8 aromatic carbocycles. The van der Waals surface area contributed by atoms with E-state index in [4.69, 9.17) is 9.72 Å². The lowest BCUT2D eigenvalue weighted by molar-refractivity contribution is 0.483. The Morgan fingerprint density at radius 1 is 0.526 bits per heavy atom. The van der Waals surface area contributed by atoms with E-state index in [0.717, 1.165) is 89.8 Å². The molecule has 5 nitrogen and oxygen atoms in total. The van der Waals surface area contributed by atoms with Crippen molar-refractivity contribution in [3.05, 3.63) is 216 Å². The quantitative estimate of drug-likeness (QED) is 0.121. The number of rotatable bonds is 11. The first-order valence-electron chi connectivity index (χ1n) is 27.7. The number of para-hydroxylation sites is 3. The molecule has 0 amide bonds. The number of ether oxygens (including phenoxy) is 1. The third kappa shape index (κ3) is 9.77. The van der Waals surface area contributed by atoms with Gasteiger partial charge >= 0.3 is 6.01 Å². The Morgan fingerprint density at radius 2 is 1.12 bits per heavy atom. The van der Waals surface area contributed by atoms with Crippen LogP contribution in [0.3, 0.4) is 0 Å². The first-order valence-corrected chi connectivity index (χ1v) is 27.2. The Bertz CT molecular complexity index is 4090. The molecule has 0 unspecified atom stereocenters. The van der Waals surface area contributed by atoms with Gasteiger partial charge in [-0.1, -0.05) is 156 Å². The minimum Gasteiger partial charge on any atom is -0.457 e. The lowest BCUT2D eigenvalue weighted by atomic mass is 9.81. The Morgan fingerprint density at radius 3 is 1.77 bits per heavy atom. The molecule has 0 N–H and O–H groups in total. The average Bonchev–Trinajstić information content (AvgIpc) is 4.11. The van der Waals surface area contributed by atoms with E-state index in [1.165, 1.54) is 28.8 Å². The molecule has 0 aliphatic carbocycles. The normalized spacial score (nSPS) is 13.1. The molecule has 78 heavy (non-hydrogen) atoms. The molecular weight excluding hydrogens is 963 g/mol. The van der Waals surface area contributed by atoms with E-state index >= 15 is 8.78 Å². The van der Waals surface area contributed by atoms with Crippen LogP contribution in [-0.2, 0) is 10.8 Å². The summed E-state index contributed by atoms with van der Waals surface area (Å²) in [5.41, 5.74) is 15.0. The van der Waals surface area contributed by atoms with E-state index in [1.54, 1.807) is 0 Å². The Hall–Kier alpha value is -8.25. The zero-order valence-electron chi connectivity index (χ0n) is 47.9. The first kappa shape index (κ1) is 50.6.